The maximum absolute atomic E-state index is 14.0. The van der Waals surface area contributed by atoms with E-state index in [2.05, 4.69) is 5.10 Å². The minimum Gasteiger partial charge on any atom is -0.482 e. The molecule has 1 aliphatic rings. The second kappa shape index (κ2) is 11.0. The highest BCUT2D eigenvalue weighted by Crippen LogP contribution is 2.41. The van der Waals surface area contributed by atoms with Gasteiger partial charge in [-0.05, 0) is 67.8 Å². The number of carbonyl (C=O) groups excluding carboxylic acids is 1. The van der Waals surface area contributed by atoms with Gasteiger partial charge < -0.3 is 14.6 Å². The molecule has 2 aromatic carbocycles. The Morgan fingerprint density at radius 2 is 2.00 bits per heavy atom. The van der Waals surface area contributed by atoms with Crippen molar-refractivity contribution in [2.75, 3.05) is 19.8 Å². The van der Waals surface area contributed by atoms with Crippen LogP contribution in [0.4, 0.5) is 9.18 Å². The van der Waals surface area contributed by atoms with Crippen molar-refractivity contribution in [3.05, 3.63) is 81.4 Å². The summed E-state index contributed by atoms with van der Waals surface area (Å²) in [4.78, 5) is 26.0. The van der Waals surface area contributed by atoms with Crippen molar-refractivity contribution in [3.8, 4) is 5.75 Å². The SMILES string of the molecule is CCn1nc(C)cc1CCOC(=O)N1CCc2cc(F)ccc2[C@H]1c1cc(Cl)ccc1OCC(=O)O. The van der Waals surface area contributed by atoms with Crippen LogP contribution in [0.3, 0.4) is 0 Å². The molecule has 0 spiro atoms. The molecule has 1 aromatic heterocycles. The van der Waals surface area contributed by atoms with Gasteiger partial charge in [-0.15, -0.1) is 0 Å². The molecule has 0 saturated carbocycles. The summed E-state index contributed by atoms with van der Waals surface area (Å²) in [6, 6.07) is 10.4. The standard InChI is InChI=1S/C26H27ClFN3O5/c1-3-31-20(12-16(2)29-31)9-11-35-26(34)30-10-8-17-13-19(28)5-6-21(17)25(30)22-14-18(27)4-7-23(22)36-15-24(32)33/h4-7,12-14,25H,3,8-11,15H2,1-2H3,(H,32,33)/t25-/m0/s1. The number of carboxylic acid groups (broad SMARTS) is 1. The Balaban J connectivity index is 1.63. The number of carbonyl (C=O) groups is 2. The molecule has 36 heavy (non-hydrogen) atoms. The van der Waals surface area contributed by atoms with E-state index in [-0.39, 0.29) is 24.7 Å². The lowest BCUT2D eigenvalue weighted by Gasteiger charge is -2.37. The van der Waals surface area contributed by atoms with Crippen molar-refractivity contribution >= 4 is 23.7 Å². The number of fused-ring (bicyclic) bond motifs is 1. The first-order chi connectivity index (χ1) is 17.3. The highest BCUT2D eigenvalue weighted by Gasteiger charge is 2.35. The summed E-state index contributed by atoms with van der Waals surface area (Å²) in [6.07, 6.45) is 0.399. The molecule has 3 aromatic rings. The first-order valence-corrected chi connectivity index (χ1v) is 12.0. The average Bonchev–Trinajstić information content (AvgIpc) is 3.21. The Labute approximate surface area is 213 Å². The van der Waals surface area contributed by atoms with Crippen LogP contribution in [0.15, 0.2) is 42.5 Å². The largest absolute Gasteiger partial charge is 0.482 e. The van der Waals surface area contributed by atoms with Gasteiger partial charge in [0, 0.05) is 35.8 Å². The summed E-state index contributed by atoms with van der Waals surface area (Å²) in [6.45, 7) is 4.49. The number of rotatable bonds is 8. The first kappa shape index (κ1) is 25.5. The Bertz CT molecular complexity index is 1280. The summed E-state index contributed by atoms with van der Waals surface area (Å²) in [5, 5.41) is 13.9. The van der Waals surface area contributed by atoms with Gasteiger partial charge in [-0.2, -0.15) is 5.10 Å². The fourth-order valence-electron chi connectivity index (χ4n) is 4.53. The van der Waals surface area contributed by atoms with E-state index >= 15 is 0 Å². The van der Waals surface area contributed by atoms with Crippen molar-refractivity contribution in [1.29, 1.82) is 0 Å². The number of hydrogen-bond donors (Lipinski definition) is 1. The van der Waals surface area contributed by atoms with Gasteiger partial charge in [0.1, 0.15) is 11.6 Å². The van der Waals surface area contributed by atoms with E-state index < -0.39 is 24.7 Å². The average molecular weight is 516 g/mol. The van der Waals surface area contributed by atoms with E-state index in [9.17, 15) is 14.0 Å². The van der Waals surface area contributed by atoms with Crippen LogP contribution in [-0.4, -0.2) is 51.6 Å². The lowest BCUT2D eigenvalue weighted by molar-refractivity contribution is -0.139. The van der Waals surface area contributed by atoms with Gasteiger partial charge in [0.25, 0.3) is 0 Å². The maximum atomic E-state index is 14.0. The van der Waals surface area contributed by atoms with Crippen molar-refractivity contribution < 1.29 is 28.6 Å². The third-order valence-electron chi connectivity index (χ3n) is 6.05. The summed E-state index contributed by atoms with van der Waals surface area (Å²) >= 11 is 6.29. The number of aliphatic carboxylic acids is 1. The lowest BCUT2D eigenvalue weighted by atomic mass is 9.88. The normalized spacial score (nSPS) is 14.9. The molecule has 8 nitrogen and oxygen atoms in total. The molecule has 1 aliphatic heterocycles. The molecule has 190 valence electrons. The molecular formula is C26H27ClFN3O5. The molecule has 0 fully saturated rings. The van der Waals surface area contributed by atoms with E-state index in [4.69, 9.17) is 26.2 Å². The quantitative estimate of drug-likeness (QED) is 0.463. The highest BCUT2D eigenvalue weighted by atomic mass is 35.5. The smallest absolute Gasteiger partial charge is 0.410 e. The molecule has 0 aliphatic carbocycles. The van der Waals surface area contributed by atoms with Crippen LogP contribution >= 0.6 is 11.6 Å². The fourth-order valence-corrected chi connectivity index (χ4v) is 4.71. The third kappa shape index (κ3) is 5.62. The number of amides is 1. The van der Waals surface area contributed by atoms with Crippen LogP contribution in [0, 0.1) is 12.7 Å². The van der Waals surface area contributed by atoms with Crippen molar-refractivity contribution in [2.24, 2.45) is 0 Å². The molecule has 1 amide bonds. The highest BCUT2D eigenvalue weighted by molar-refractivity contribution is 6.30. The van der Waals surface area contributed by atoms with E-state index in [1.165, 1.54) is 12.1 Å². The number of aromatic nitrogens is 2. The fraction of sp³-hybridized carbons (Fsp3) is 0.346. The first-order valence-electron chi connectivity index (χ1n) is 11.7. The minimum atomic E-state index is -1.14. The van der Waals surface area contributed by atoms with E-state index in [0.29, 0.717) is 35.5 Å². The van der Waals surface area contributed by atoms with Gasteiger partial charge >= 0.3 is 12.1 Å². The van der Waals surface area contributed by atoms with Gasteiger partial charge in [0.05, 0.1) is 18.3 Å². The molecule has 0 unspecified atom stereocenters. The number of aryl methyl sites for hydroxylation is 2. The van der Waals surface area contributed by atoms with Crippen molar-refractivity contribution in [3.63, 3.8) is 0 Å². The summed E-state index contributed by atoms with van der Waals surface area (Å²) in [7, 11) is 0. The molecule has 1 N–H and O–H groups in total. The molecule has 1 atom stereocenters. The number of nitrogens with zero attached hydrogens (tertiary/aromatic N) is 3. The van der Waals surface area contributed by atoms with Gasteiger partial charge in [-0.25, -0.2) is 14.0 Å². The zero-order chi connectivity index (χ0) is 25.8. The van der Waals surface area contributed by atoms with Crippen LogP contribution in [0.1, 0.15) is 41.0 Å². The van der Waals surface area contributed by atoms with Crippen LogP contribution in [0.25, 0.3) is 0 Å². The molecule has 0 radical (unpaired) electrons. The van der Waals surface area contributed by atoms with Crippen LogP contribution in [0.5, 0.6) is 5.75 Å². The van der Waals surface area contributed by atoms with E-state index in [0.717, 1.165) is 17.0 Å². The number of ether oxygens (including phenoxy) is 2. The van der Waals surface area contributed by atoms with Crippen molar-refractivity contribution in [1.82, 2.24) is 14.7 Å². The molecule has 0 saturated heterocycles. The lowest BCUT2D eigenvalue weighted by Crippen LogP contribution is -2.41. The number of halogens is 2. The van der Waals surface area contributed by atoms with Gasteiger partial charge in [0.15, 0.2) is 6.61 Å². The summed E-state index contributed by atoms with van der Waals surface area (Å²) in [5.74, 6) is -1.25. The Morgan fingerprint density at radius 3 is 2.75 bits per heavy atom. The zero-order valence-electron chi connectivity index (χ0n) is 20.0. The topological polar surface area (TPSA) is 93.9 Å². The molecule has 0 bridgehead atoms. The van der Waals surface area contributed by atoms with Gasteiger partial charge in [-0.3, -0.25) is 9.58 Å². The maximum Gasteiger partial charge on any atom is 0.410 e. The van der Waals surface area contributed by atoms with E-state index in [1.807, 2.05) is 24.6 Å². The number of hydrogen-bond acceptors (Lipinski definition) is 5. The Morgan fingerprint density at radius 1 is 1.19 bits per heavy atom. The minimum absolute atomic E-state index is 0.154. The van der Waals surface area contributed by atoms with Crippen LogP contribution in [0.2, 0.25) is 5.02 Å². The predicted octanol–water partition coefficient (Wildman–Crippen LogP) is 4.79. The van der Waals surface area contributed by atoms with Gasteiger partial charge in [-0.1, -0.05) is 17.7 Å². The summed E-state index contributed by atoms with van der Waals surface area (Å²) < 4.78 is 27.0. The third-order valence-corrected chi connectivity index (χ3v) is 6.29. The van der Waals surface area contributed by atoms with Crippen LogP contribution in [-0.2, 0) is 28.9 Å². The monoisotopic (exact) mass is 515 g/mol. The predicted molar refractivity (Wildman–Crippen MR) is 131 cm³/mol. The Hall–Kier alpha value is -3.59. The molecule has 4 rings (SSSR count). The van der Waals surface area contributed by atoms with E-state index in [1.54, 1.807) is 29.2 Å². The number of benzene rings is 2. The van der Waals surface area contributed by atoms with Crippen LogP contribution < -0.4 is 4.74 Å². The second-order valence-electron chi connectivity index (χ2n) is 8.51. The zero-order valence-corrected chi connectivity index (χ0v) is 20.8. The molecular weight excluding hydrogens is 489 g/mol. The van der Waals surface area contributed by atoms with Crippen molar-refractivity contribution in [2.45, 2.75) is 39.3 Å². The van der Waals surface area contributed by atoms with Gasteiger partial charge in [0.2, 0.25) is 0 Å². The summed E-state index contributed by atoms with van der Waals surface area (Å²) in [5.41, 5.74) is 3.80. The Kier molecular flexibility index (Phi) is 7.79. The number of carboxylic acids is 1. The molecule has 10 heteroatoms. The molecule has 2 heterocycles. The second-order valence-corrected chi connectivity index (χ2v) is 8.95.